The van der Waals surface area contributed by atoms with Crippen molar-refractivity contribution in [2.45, 2.75) is 45.8 Å². The van der Waals surface area contributed by atoms with Gasteiger partial charge >= 0.3 is 0 Å². The Bertz CT molecular complexity index is 204. The molecule has 0 amide bonds. The zero-order valence-corrected chi connectivity index (χ0v) is 12.0. The van der Waals surface area contributed by atoms with E-state index >= 15 is 0 Å². The van der Waals surface area contributed by atoms with Crippen LogP contribution in [0.5, 0.6) is 0 Å². The van der Waals surface area contributed by atoms with Crippen molar-refractivity contribution in [1.29, 1.82) is 0 Å². The third kappa shape index (κ3) is 5.49. The maximum absolute atomic E-state index is 8.65. The van der Waals surface area contributed by atoms with Gasteiger partial charge in [0.15, 0.2) is 8.32 Å². The number of aliphatic hydroxyl groups is 1. The molecule has 3 heteroatoms. The van der Waals surface area contributed by atoms with Crippen LogP contribution in [0, 0.1) is 5.92 Å². The molecule has 1 atom stereocenters. The van der Waals surface area contributed by atoms with Gasteiger partial charge in [-0.3, -0.25) is 0 Å². The lowest BCUT2D eigenvalue weighted by molar-refractivity contribution is 0.258. The van der Waals surface area contributed by atoms with Gasteiger partial charge < -0.3 is 9.53 Å². The van der Waals surface area contributed by atoms with Crippen LogP contribution in [0.4, 0.5) is 0 Å². The van der Waals surface area contributed by atoms with Gasteiger partial charge in [0.25, 0.3) is 0 Å². The van der Waals surface area contributed by atoms with Crippen LogP contribution in [0.1, 0.15) is 27.7 Å². The zero-order valence-electron chi connectivity index (χ0n) is 11.0. The Hall–Kier alpha value is -0.123. The van der Waals surface area contributed by atoms with E-state index in [2.05, 4.69) is 40.8 Å². The predicted octanol–water partition coefficient (Wildman–Crippen LogP) is 3.19. The summed E-state index contributed by atoms with van der Waals surface area (Å²) in [5.41, 5.74) is 0. The molecule has 0 aromatic carbocycles. The maximum atomic E-state index is 8.65. The quantitative estimate of drug-likeness (QED) is 0.580. The van der Waals surface area contributed by atoms with Crippen molar-refractivity contribution in [3.63, 3.8) is 0 Å². The van der Waals surface area contributed by atoms with Gasteiger partial charge in [0.1, 0.15) is 0 Å². The average molecular weight is 230 g/mol. The summed E-state index contributed by atoms with van der Waals surface area (Å²) in [7, 11) is -1.60. The molecular weight excluding hydrogens is 204 g/mol. The molecule has 0 spiro atoms. The highest BCUT2D eigenvalue weighted by molar-refractivity contribution is 6.74. The number of hydrogen-bond donors (Lipinski definition) is 1. The normalized spacial score (nSPS) is 15.9. The summed E-state index contributed by atoms with van der Waals surface area (Å²) in [4.78, 5) is 0. The summed E-state index contributed by atoms with van der Waals surface area (Å²) < 4.78 is 6.06. The minimum Gasteiger partial charge on any atom is -0.416 e. The van der Waals surface area contributed by atoms with E-state index in [1.807, 2.05) is 6.08 Å². The topological polar surface area (TPSA) is 29.5 Å². The maximum Gasteiger partial charge on any atom is 0.192 e. The van der Waals surface area contributed by atoms with E-state index in [-0.39, 0.29) is 11.6 Å². The Labute approximate surface area is 95.5 Å². The number of hydrogen-bond acceptors (Lipinski definition) is 2. The highest BCUT2D eigenvalue weighted by Gasteiger charge is 2.37. The van der Waals surface area contributed by atoms with Gasteiger partial charge in [-0.1, -0.05) is 39.8 Å². The van der Waals surface area contributed by atoms with Crippen molar-refractivity contribution >= 4 is 8.32 Å². The van der Waals surface area contributed by atoms with Crippen LogP contribution in [0.3, 0.4) is 0 Å². The van der Waals surface area contributed by atoms with Gasteiger partial charge in [0.2, 0.25) is 0 Å². The molecule has 0 aromatic rings. The SMILES string of the molecule is C[C@@H](/C=C\CO)CO[Si](C)(C)C(C)(C)C. The molecule has 2 nitrogen and oxygen atoms in total. The molecule has 90 valence electrons. The Balaban J connectivity index is 4.10. The van der Waals surface area contributed by atoms with Crippen molar-refractivity contribution in [1.82, 2.24) is 0 Å². The second kappa shape index (κ2) is 5.82. The first-order valence-corrected chi connectivity index (χ1v) is 8.53. The fourth-order valence-electron chi connectivity index (χ4n) is 0.905. The zero-order chi connectivity index (χ0) is 12.1. The van der Waals surface area contributed by atoms with Gasteiger partial charge in [0, 0.05) is 6.61 Å². The molecule has 15 heavy (non-hydrogen) atoms. The van der Waals surface area contributed by atoms with Crippen LogP contribution in [-0.4, -0.2) is 26.6 Å². The molecule has 0 saturated heterocycles. The van der Waals surface area contributed by atoms with E-state index in [1.54, 1.807) is 6.08 Å². The molecule has 0 fully saturated rings. The van der Waals surface area contributed by atoms with Gasteiger partial charge in [0.05, 0.1) is 6.61 Å². The lowest BCUT2D eigenvalue weighted by Gasteiger charge is -2.36. The number of aliphatic hydroxyl groups excluding tert-OH is 1. The van der Waals surface area contributed by atoms with E-state index in [9.17, 15) is 0 Å². The summed E-state index contributed by atoms with van der Waals surface area (Å²) in [6.45, 7) is 14.2. The van der Waals surface area contributed by atoms with Crippen molar-refractivity contribution in [2.24, 2.45) is 5.92 Å². The molecule has 1 N–H and O–H groups in total. The van der Waals surface area contributed by atoms with Crippen LogP contribution in [-0.2, 0) is 4.43 Å². The average Bonchev–Trinajstić information content (AvgIpc) is 2.09. The minimum absolute atomic E-state index is 0.116. The standard InChI is InChI=1S/C12H26O2Si/c1-11(8-7-9-13)10-14-15(5,6)12(2,3)4/h7-8,11,13H,9-10H2,1-6H3/b8-7-/t11-/m0/s1. The van der Waals surface area contributed by atoms with Crippen molar-refractivity contribution in [3.8, 4) is 0 Å². The summed E-state index contributed by atoms with van der Waals surface area (Å²) in [5, 5.41) is 8.92. The Morgan fingerprint density at radius 1 is 1.33 bits per heavy atom. The molecule has 0 rings (SSSR count). The molecule has 0 aliphatic heterocycles. The number of rotatable bonds is 5. The predicted molar refractivity (Wildman–Crippen MR) is 68.5 cm³/mol. The van der Waals surface area contributed by atoms with Gasteiger partial charge in [-0.25, -0.2) is 0 Å². The summed E-state index contributed by atoms with van der Waals surface area (Å²) in [5.74, 6) is 0.381. The van der Waals surface area contributed by atoms with E-state index in [4.69, 9.17) is 9.53 Å². The largest absolute Gasteiger partial charge is 0.416 e. The molecule has 0 aromatic heterocycles. The van der Waals surface area contributed by atoms with Crippen LogP contribution in [0.25, 0.3) is 0 Å². The Morgan fingerprint density at radius 2 is 1.87 bits per heavy atom. The van der Waals surface area contributed by atoms with Gasteiger partial charge in [-0.2, -0.15) is 0 Å². The first kappa shape index (κ1) is 14.9. The monoisotopic (exact) mass is 230 g/mol. The van der Waals surface area contributed by atoms with Crippen LogP contribution < -0.4 is 0 Å². The van der Waals surface area contributed by atoms with Gasteiger partial charge in [-0.05, 0) is 24.1 Å². The molecule has 0 radical (unpaired) electrons. The second-order valence-electron chi connectivity index (χ2n) is 5.66. The first-order valence-electron chi connectivity index (χ1n) is 5.62. The third-order valence-electron chi connectivity index (χ3n) is 3.08. The molecule has 0 unspecified atom stereocenters. The molecule has 0 aliphatic rings. The van der Waals surface area contributed by atoms with E-state index in [0.717, 1.165) is 6.61 Å². The molecule has 0 heterocycles. The second-order valence-corrected chi connectivity index (χ2v) is 10.5. The molecule has 0 bridgehead atoms. The van der Waals surface area contributed by atoms with E-state index < -0.39 is 8.32 Å². The fourth-order valence-corrected chi connectivity index (χ4v) is 2.02. The Kier molecular flexibility index (Phi) is 5.78. The highest BCUT2D eigenvalue weighted by Crippen LogP contribution is 2.36. The smallest absolute Gasteiger partial charge is 0.192 e. The van der Waals surface area contributed by atoms with E-state index in [0.29, 0.717) is 5.92 Å². The molecule has 0 aliphatic carbocycles. The van der Waals surface area contributed by atoms with Crippen LogP contribution in [0.15, 0.2) is 12.2 Å². The summed E-state index contributed by atoms with van der Waals surface area (Å²) in [6, 6.07) is 0. The van der Waals surface area contributed by atoms with Crippen molar-refractivity contribution < 1.29 is 9.53 Å². The Morgan fingerprint density at radius 3 is 2.27 bits per heavy atom. The lowest BCUT2D eigenvalue weighted by Crippen LogP contribution is -2.41. The summed E-state index contributed by atoms with van der Waals surface area (Å²) >= 11 is 0. The van der Waals surface area contributed by atoms with Crippen LogP contribution >= 0.6 is 0 Å². The third-order valence-corrected chi connectivity index (χ3v) is 7.58. The fraction of sp³-hybridized carbons (Fsp3) is 0.833. The van der Waals surface area contributed by atoms with Crippen LogP contribution in [0.2, 0.25) is 18.1 Å². The highest BCUT2D eigenvalue weighted by atomic mass is 28.4. The lowest BCUT2D eigenvalue weighted by atomic mass is 10.2. The van der Waals surface area contributed by atoms with Crippen molar-refractivity contribution in [3.05, 3.63) is 12.2 Å². The van der Waals surface area contributed by atoms with Crippen molar-refractivity contribution in [2.75, 3.05) is 13.2 Å². The molecule has 0 saturated carbocycles. The molecular formula is C12H26O2Si. The van der Waals surface area contributed by atoms with E-state index in [1.165, 1.54) is 0 Å². The van der Waals surface area contributed by atoms with Gasteiger partial charge in [-0.15, -0.1) is 0 Å². The first-order chi connectivity index (χ1) is 6.70. The summed E-state index contributed by atoms with van der Waals surface area (Å²) in [6.07, 6.45) is 3.78. The minimum atomic E-state index is -1.60.